The molecule has 1 fully saturated rings. The number of aromatic nitrogens is 2. The lowest BCUT2D eigenvalue weighted by Gasteiger charge is -2.43. The number of anilines is 1. The second kappa shape index (κ2) is 6.85. The maximum atomic E-state index is 9.26. The number of morpholine rings is 1. The van der Waals surface area contributed by atoms with E-state index in [1.807, 2.05) is 49.1 Å². The second-order valence-corrected chi connectivity index (χ2v) is 6.34. The van der Waals surface area contributed by atoms with E-state index in [-0.39, 0.29) is 11.7 Å². The Hall–Kier alpha value is -2.65. The van der Waals surface area contributed by atoms with Crippen molar-refractivity contribution in [2.45, 2.75) is 25.6 Å². The highest BCUT2D eigenvalue weighted by molar-refractivity contribution is 5.50. The summed E-state index contributed by atoms with van der Waals surface area (Å²) in [5.74, 6) is 1.41. The fraction of sp³-hybridized carbons (Fsp3) is 0.389. The Labute approximate surface area is 141 Å². The highest BCUT2D eigenvalue weighted by Gasteiger charge is 2.35. The minimum atomic E-state index is -0.368. The van der Waals surface area contributed by atoms with E-state index in [0.29, 0.717) is 31.2 Å². The van der Waals surface area contributed by atoms with Gasteiger partial charge in [-0.2, -0.15) is 5.26 Å². The Balaban J connectivity index is 1.74. The lowest BCUT2D eigenvalue weighted by atomic mass is 10.1. The minimum absolute atomic E-state index is 0.123. The van der Waals surface area contributed by atoms with Crippen LogP contribution >= 0.6 is 0 Å². The third-order valence-corrected chi connectivity index (χ3v) is 3.74. The van der Waals surface area contributed by atoms with Crippen molar-refractivity contribution in [2.24, 2.45) is 0 Å². The maximum absolute atomic E-state index is 9.26. The molecule has 2 aromatic rings. The van der Waals surface area contributed by atoms with Crippen LogP contribution in [0.2, 0.25) is 0 Å². The second-order valence-electron chi connectivity index (χ2n) is 6.34. The van der Waals surface area contributed by atoms with Crippen molar-refractivity contribution in [2.75, 3.05) is 24.6 Å². The van der Waals surface area contributed by atoms with Gasteiger partial charge in [0.25, 0.3) is 0 Å². The summed E-state index contributed by atoms with van der Waals surface area (Å²) in [6.07, 6.45) is 3.01. The molecular formula is C18H20N4O2. The Kier molecular flexibility index (Phi) is 4.63. The molecule has 124 valence electrons. The van der Waals surface area contributed by atoms with Gasteiger partial charge in [0.1, 0.15) is 24.5 Å². The summed E-state index contributed by atoms with van der Waals surface area (Å²) in [4.78, 5) is 10.5. The number of rotatable bonds is 4. The zero-order valence-electron chi connectivity index (χ0n) is 13.8. The van der Waals surface area contributed by atoms with Crippen LogP contribution in [0.3, 0.4) is 0 Å². The lowest BCUT2D eigenvalue weighted by molar-refractivity contribution is -0.0972. The van der Waals surface area contributed by atoms with E-state index in [4.69, 9.17) is 9.47 Å². The quantitative estimate of drug-likeness (QED) is 0.860. The molecule has 0 bridgehead atoms. The van der Waals surface area contributed by atoms with E-state index in [1.54, 1.807) is 6.20 Å². The first-order chi connectivity index (χ1) is 11.6. The molecule has 0 radical (unpaired) electrons. The average molecular weight is 324 g/mol. The molecule has 1 aliphatic rings. The first kappa shape index (κ1) is 16.2. The largest absolute Gasteiger partial charge is 0.491 e. The van der Waals surface area contributed by atoms with Gasteiger partial charge >= 0.3 is 0 Å². The third-order valence-electron chi connectivity index (χ3n) is 3.74. The molecule has 1 atom stereocenters. The molecule has 1 aromatic heterocycles. The van der Waals surface area contributed by atoms with Crippen molar-refractivity contribution in [1.29, 1.82) is 5.26 Å². The fourth-order valence-electron chi connectivity index (χ4n) is 2.89. The van der Waals surface area contributed by atoms with Crippen molar-refractivity contribution in [3.63, 3.8) is 0 Å². The topological polar surface area (TPSA) is 71.3 Å². The van der Waals surface area contributed by atoms with Crippen molar-refractivity contribution in [3.8, 4) is 11.8 Å². The van der Waals surface area contributed by atoms with Crippen LogP contribution in [0.15, 0.2) is 42.7 Å². The molecule has 3 rings (SSSR count). The minimum Gasteiger partial charge on any atom is -0.491 e. The molecule has 1 saturated heterocycles. The molecule has 6 nitrogen and oxygen atoms in total. The molecular weight excluding hydrogens is 304 g/mol. The Morgan fingerprint density at radius 2 is 2.04 bits per heavy atom. The molecule has 6 heteroatoms. The van der Waals surface area contributed by atoms with E-state index < -0.39 is 0 Å². The average Bonchev–Trinajstić information content (AvgIpc) is 2.59. The van der Waals surface area contributed by atoms with Gasteiger partial charge in [-0.25, -0.2) is 9.97 Å². The van der Waals surface area contributed by atoms with Crippen LogP contribution in [0.1, 0.15) is 19.5 Å². The lowest BCUT2D eigenvalue weighted by Crippen LogP contribution is -2.55. The van der Waals surface area contributed by atoms with Crippen LogP contribution in [-0.4, -0.2) is 41.4 Å². The zero-order chi connectivity index (χ0) is 17.0. The van der Waals surface area contributed by atoms with Crippen LogP contribution < -0.4 is 9.64 Å². The van der Waals surface area contributed by atoms with Crippen LogP contribution in [-0.2, 0) is 4.74 Å². The van der Waals surface area contributed by atoms with E-state index in [9.17, 15) is 5.26 Å². The first-order valence-corrected chi connectivity index (χ1v) is 7.89. The molecule has 1 aliphatic heterocycles. The summed E-state index contributed by atoms with van der Waals surface area (Å²) in [6, 6.07) is 11.8. The van der Waals surface area contributed by atoms with Gasteiger partial charge in [-0.3, -0.25) is 0 Å². The van der Waals surface area contributed by atoms with Crippen molar-refractivity contribution in [1.82, 2.24) is 9.97 Å². The molecule has 1 aromatic carbocycles. The van der Waals surface area contributed by atoms with E-state index >= 15 is 0 Å². The van der Waals surface area contributed by atoms with Gasteiger partial charge in [0.05, 0.1) is 5.60 Å². The summed E-state index contributed by atoms with van der Waals surface area (Å²) >= 11 is 0. The van der Waals surface area contributed by atoms with E-state index in [0.717, 1.165) is 5.75 Å². The van der Waals surface area contributed by atoms with E-state index in [1.165, 1.54) is 6.20 Å². The predicted molar refractivity (Wildman–Crippen MR) is 89.8 cm³/mol. The number of nitriles is 1. The zero-order valence-corrected chi connectivity index (χ0v) is 13.8. The van der Waals surface area contributed by atoms with Gasteiger partial charge < -0.3 is 14.4 Å². The molecule has 0 amide bonds. The smallest absolute Gasteiger partial charge is 0.183 e. The number of para-hydroxylation sites is 1. The number of nitrogens with zero attached hydrogens (tertiary/aromatic N) is 4. The Morgan fingerprint density at radius 1 is 1.29 bits per heavy atom. The molecule has 0 aliphatic carbocycles. The van der Waals surface area contributed by atoms with Crippen molar-refractivity contribution >= 4 is 5.82 Å². The van der Waals surface area contributed by atoms with Gasteiger partial charge in [-0.1, -0.05) is 18.2 Å². The molecule has 0 saturated carbocycles. The number of benzene rings is 1. The van der Waals surface area contributed by atoms with Gasteiger partial charge in [0, 0.05) is 25.5 Å². The molecule has 0 N–H and O–H groups in total. The normalized spacial score (nSPS) is 19.5. The summed E-state index contributed by atoms with van der Waals surface area (Å²) in [6.45, 7) is 5.73. The van der Waals surface area contributed by atoms with Gasteiger partial charge in [0.15, 0.2) is 11.5 Å². The van der Waals surface area contributed by atoms with Crippen LogP contribution in [0.4, 0.5) is 5.82 Å². The molecule has 0 unspecified atom stereocenters. The molecule has 24 heavy (non-hydrogen) atoms. The van der Waals surface area contributed by atoms with E-state index in [2.05, 4.69) is 16.0 Å². The van der Waals surface area contributed by atoms with Crippen molar-refractivity contribution in [3.05, 3.63) is 48.4 Å². The summed E-state index contributed by atoms with van der Waals surface area (Å²) in [7, 11) is 0. The highest BCUT2D eigenvalue weighted by Crippen LogP contribution is 2.26. The van der Waals surface area contributed by atoms with Gasteiger partial charge in [-0.05, 0) is 26.0 Å². The van der Waals surface area contributed by atoms with Crippen LogP contribution in [0, 0.1) is 11.3 Å². The number of hydrogen-bond acceptors (Lipinski definition) is 6. The Morgan fingerprint density at radius 3 is 2.79 bits per heavy atom. The fourth-order valence-corrected chi connectivity index (χ4v) is 2.89. The predicted octanol–water partition coefficient (Wildman–Crippen LogP) is 2.41. The standard InChI is InChI=1S/C18H20N4O2/c1-18(2)13-22(17-16(10-19)20-8-9-21-17)11-15(24-18)12-23-14-6-4-3-5-7-14/h3-9,15H,11-13H2,1-2H3/t15-/m0/s1. The highest BCUT2D eigenvalue weighted by atomic mass is 16.5. The summed E-state index contributed by atoms with van der Waals surface area (Å²) in [5.41, 5.74) is -0.0364. The monoisotopic (exact) mass is 324 g/mol. The van der Waals surface area contributed by atoms with Gasteiger partial charge in [-0.15, -0.1) is 0 Å². The maximum Gasteiger partial charge on any atom is 0.183 e. The van der Waals surface area contributed by atoms with Crippen LogP contribution in [0.25, 0.3) is 0 Å². The SMILES string of the molecule is CC1(C)CN(c2nccnc2C#N)C[C@@H](COc2ccccc2)O1. The first-order valence-electron chi connectivity index (χ1n) is 7.89. The summed E-state index contributed by atoms with van der Waals surface area (Å²) in [5, 5.41) is 9.26. The third kappa shape index (κ3) is 3.81. The van der Waals surface area contributed by atoms with Crippen molar-refractivity contribution < 1.29 is 9.47 Å². The number of ether oxygens (including phenoxy) is 2. The molecule has 0 spiro atoms. The van der Waals surface area contributed by atoms with Crippen LogP contribution in [0.5, 0.6) is 5.75 Å². The molecule has 2 heterocycles. The Bertz CT molecular complexity index is 727. The summed E-state index contributed by atoms with van der Waals surface area (Å²) < 4.78 is 11.9. The van der Waals surface area contributed by atoms with Gasteiger partial charge in [0.2, 0.25) is 0 Å². The number of hydrogen-bond donors (Lipinski definition) is 0.